The average molecular weight is 284 g/mol. The number of nitrogens with one attached hydrogen (secondary N) is 1. The largest absolute Gasteiger partial charge is 0.333 e. The first-order chi connectivity index (χ1) is 10.2. The van der Waals surface area contributed by atoms with Crippen LogP contribution in [0, 0.1) is 0 Å². The zero-order valence-electron chi connectivity index (χ0n) is 12.4. The van der Waals surface area contributed by atoms with Crippen molar-refractivity contribution in [3.8, 4) is 5.69 Å². The second-order valence-electron chi connectivity index (χ2n) is 5.48. The van der Waals surface area contributed by atoms with Gasteiger partial charge in [0.1, 0.15) is 0 Å². The van der Waals surface area contributed by atoms with Crippen molar-refractivity contribution in [2.45, 2.75) is 25.9 Å². The fourth-order valence-corrected chi connectivity index (χ4v) is 2.69. The van der Waals surface area contributed by atoms with Gasteiger partial charge in [-0.15, -0.1) is 0 Å². The van der Waals surface area contributed by atoms with Crippen molar-refractivity contribution in [3.63, 3.8) is 0 Å². The third kappa shape index (κ3) is 2.69. The Hall–Kier alpha value is -2.14. The Bertz CT molecular complexity index is 606. The maximum Gasteiger partial charge on any atom is 0.254 e. The summed E-state index contributed by atoms with van der Waals surface area (Å²) in [5.74, 6) is 0.0999. The quantitative estimate of drug-likeness (QED) is 0.913. The summed E-state index contributed by atoms with van der Waals surface area (Å²) in [6.07, 6.45) is 3.62. The fraction of sp³-hybridized carbons (Fsp3) is 0.375. The van der Waals surface area contributed by atoms with Gasteiger partial charge in [0.2, 0.25) is 0 Å². The van der Waals surface area contributed by atoms with Gasteiger partial charge >= 0.3 is 0 Å². The number of carbonyl (C=O) groups is 1. The molecule has 0 radical (unpaired) electrons. The fourth-order valence-electron chi connectivity index (χ4n) is 2.69. The van der Waals surface area contributed by atoms with Crippen molar-refractivity contribution in [2.24, 2.45) is 0 Å². The third-order valence-corrected chi connectivity index (χ3v) is 4.18. The third-order valence-electron chi connectivity index (χ3n) is 4.18. The van der Waals surface area contributed by atoms with Crippen molar-refractivity contribution in [1.82, 2.24) is 20.0 Å². The number of nitrogens with zero attached hydrogens (tertiary/aromatic N) is 3. The number of hydrogen-bond donors (Lipinski definition) is 1. The van der Waals surface area contributed by atoms with E-state index in [1.165, 1.54) is 0 Å². The van der Waals surface area contributed by atoms with Crippen LogP contribution >= 0.6 is 0 Å². The van der Waals surface area contributed by atoms with Crippen LogP contribution < -0.4 is 5.32 Å². The van der Waals surface area contributed by atoms with Crippen LogP contribution in [0.25, 0.3) is 5.69 Å². The highest BCUT2D eigenvalue weighted by Gasteiger charge is 2.28. The second kappa shape index (κ2) is 5.69. The minimum Gasteiger partial charge on any atom is -0.333 e. The van der Waals surface area contributed by atoms with Crippen molar-refractivity contribution < 1.29 is 4.79 Å². The Kier molecular flexibility index (Phi) is 3.75. The van der Waals surface area contributed by atoms with Gasteiger partial charge in [0.25, 0.3) is 5.91 Å². The van der Waals surface area contributed by atoms with Crippen molar-refractivity contribution >= 4 is 5.91 Å². The van der Waals surface area contributed by atoms with Gasteiger partial charge in [-0.05, 0) is 44.2 Å². The highest BCUT2D eigenvalue weighted by molar-refractivity contribution is 5.94. The summed E-state index contributed by atoms with van der Waals surface area (Å²) in [7, 11) is 0. The molecule has 2 heterocycles. The van der Waals surface area contributed by atoms with Crippen LogP contribution in [0.2, 0.25) is 0 Å². The number of amides is 1. The van der Waals surface area contributed by atoms with Crippen LogP contribution in [-0.2, 0) is 0 Å². The Labute approximate surface area is 124 Å². The summed E-state index contributed by atoms with van der Waals surface area (Å²) in [5, 5.41) is 7.58. The molecule has 0 spiro atoms. The Morgan fingerprint density at radius 3 is 2.71 bits per heavy atom. The van der Waals surface area contributed by atoms with Crippen molar-refractivity contribution in [3.05, 3.63) is 48.3 Å². The Balaban J connectivity index is 1.79. The molecule has 1 N–H and O–H groups in total. The smallest absolute Gasteiger partial charge is 0.254 e. The number of carbonyl (C=O) groups excluding carboxylic acids is 1. The van der Waals surface area contributed by atoms with Crippen LogP contribution in [0.15, 0.2) is 42.7 Å². The van der Waals surface area contributed by atoms with Crippen molar-refractivity contribution in [2.75, 3.05) is 13.1 Å². The van der Waals surface area contributed by atoms with E-state index in [0.717, 1.165) is 24.3 Å². The zero-order chi connectivity index (χ0) is 14.8. The predicted octanol–water partition coefficient (Wildman–Crippen LogP) is 1.69. The number of piperazine rings is 1. The zero-order valence-corrected chi connectivity index (χ0v) is 12.4. The molecule has 1 saturated heterocycles. The molecule has 21 heavy (non-hydrogen) atoms. The van der Waals surface area contributed by atoms with Gasteiger partial charge in [-0.1, -0.05) is 0 Å². The van der Waals surface area contributed by atoms with Crippen molar-refractivity contribution in [1.29, 1.82) is 0 Å². The normalized spacial score (nSPS) is 22.3. The molecular formula is C16H20N4O. The highest BCUT2D eigenvalue weighted by atomic mass is 16.2. The van der Waals surface area contributed by atoms with Crippen LogP contribution in [0.5, 0.6) is 0 Å². The molecule has 1 fully saturated rings. The van der Waals surface area contributed by atoms with E-state index >= 15 is 0 Å². The molecular weight excluding hydrogens is 264 g/mol. The molecule has 1 aromatic carbocycles. The number of benzene rings is 1. The van der Waals surface area contributed by atoms with E-state index in [-0.39, 0.29) is 11.9 Å². The second-order valence-corrected chi connectivity index (χ2v) is 5.48. The summed E-state index contributed by atoms with van der Waals surface area (Å²) in [5.41, 5.74) is 1.69. The molecule has 2 atom stereocenters. The molecule has 110 valence electrons. The summed E-state index contributed by atoms with van der Waals surface area (Å²) < 4.78 is 1.78. The van der Waals surface area contributed by atoms with E-state index in [1.807, 2.05) is 41.4 Å². The molecule has 1 aromatic heterocycles. The minimum atomic E-state index is 0.0999. The van der Waals surface area contributed by atoms with Gasteiger partial charge < -0.3 is 10.2 Å². The molecule has 2 unspecified atom stereocenters. The van der Waals surface area contributed by atoms with Gasteiger partial charge in [0, 0.05) is 43.1 Å². The first-order valence-corrected chi connectivity index (χ1v) is 7.31. The van der Waals surface area contributed by atoms with Crippen LogP contribution in [0.1, 0.15) is 24.2 Å². The molecule has 1 aliphatic rings. The molecule has 0 bridgehead atoms. The molecule has 5 heteroatoms. The van der Waals surface area contributed by atoms with Crippen LogP contribution in [0.4, 0.5) is 0 Å². The van der Waals surface area contributed by atoms with E-state index in [9.17, 15) is 4.79 Å². The van der Waals surface area contributed by atoms with Gasteiger partial charge in [-0.2, -0.15) is 5.10 Å². The lowest BCUT2D eigenvalue weighted by Crippen LogP contribution is -2.57. The first-order valence-electron chi connectivity index (χ1n) is 7.31. The topological polar surface area (TPSA) is 50.2 Å². The van der Waals surface area contributed by atoms with E-state index in [0.29, 0.717) is 6.04 Å². The van der Waals surface area contributed by atoms with E-state index < -0.39 is 0 Å². The highest BCUT2D eigenvalue weighted by Crippen LogP contribution is 2.15. The maximum atomic E-state index is 12.6. The van der Waals surface area contributed by atoms with E-state index in [4.69, 9.17) is 0 Å². The molecule has 0 saturated carbocycles. The summed E-state index contributed by atoms with van der Waals surface area (Å²) in [6, 6.07) is 10.0. The lowest BCUT2D eigenvalue weighted by Gasteiger charge is -2.38. The SMILES string of the molecule is CC1NCCN(C(=O)c2ccc(-n3cccn3)cc2)C1C. The first kappa shape index (κ1) is 13.8. The Morgan fingerprint density at radius 2 is 2.05 bits per heavy atom. The monoisotopic (exact) mass is 284 g/mol. The molecule has 2 aromatic rings. The predicted molar refractivity (Wildman–Crippen MR) is 81.5 cm³/mol. The summed E-state index contributed by atoms with van der Waals surface area (Å²) in [6.45, 7) is 5.81. The average Bonchev–Trinajstić information content (AvgIpc) is 3.04. The Morgan fingerprint density at radius 1 is 1.29 bits per heavy atom. The molecule has 5 nitrogen and oxygen atoms in total. The molecule has 0 aliphatic carbocycles. The van der Waals surface area contributed by atoms with Crippen LogP contribution in [0.3, 0.4) is 0 Å². The minimum absolute atomic E-state index is 0.0999. The maximum absolute atomic E-state index is 12.6. The van der Waals surface area contributed by atoms with E-state index in [1.54, 1.807) is 10.9 Å². The lowest BCUT2D eigenvalue weighted by atomic mass is 10.1. The van der Waals surface area contributed by atoms with Gasteiger partial charge in [-0.3, -0.25) is 4.79 Å². The number of hydrogen-bond acceptors (Lipinski definition) is 3. The molecule has 1 aliphatic heterocycles. The molecule has 3 rings (SSSR count). The number of rotatable bonds is 2. The van der Waals surface area contributed by atoms with Gasteiger partial charge in [0.15, 0.2) is 0 Å². The van der Waals surface area contributed by atoms with E-state index in [2.05, 4.69) is 24.3 Å². The number of aromatic nitrogens is 2. The summed E-state index contributed by atoms with van der Waals surface area (Å²) >= 11 is 0. The standard InChI is InChI=1S/C16H20N4O/c1-12-13(2)19(11-9-17-12)16(21)14-4-6-15(7-5-14)20-10-3-8-18-20/h3-8,10,12-13,17H,9,11H2,1-2H3. The van der Waals surface area contributed by atoms with Gasteiger partial charge in [-0.25, -0.2) is 4.68 Å². The van der Waals surface area contributed by atoms with Gasteiger partial charge in [0.05, 0.1) is 5.69 Å². The van der Waals surface area contributed by atoms with Crippen LogP contribution in [-0.4, -0.2) is 45.8 Å². The summed E-state index contributed by atoms with van der Waals surface area (Å²) in [4.78, 5) is 14.6. The lowest BCUT2D eigenvalue weighted by molar-refractivity contribution is 0.0603. The molecule has 1 amide bonds.